The van der Waals surface area contributed by atoms with Gasteiger partial charge in [0.2, 0.25) is 0 Å². The summed E-state index contributed by atoms with van der Waals surface area (Å²) in [5.41, 5.74) is 1.21. The highest BCUT2D eigenvalue weighted by Crippen LogP contribution is 2.35. The van der Waals surface area contributed by atoms with Crippen LogP contribution in [0.1, 0.15) is 11.1 Å². The van der Waals surface area contributed by atoms with E-state index in [1.807, 2.05) is 12.1 Å². The molecule has 2 aromatic carbocycles. The van der Waals surface area contributed by atoms with E-state index in [1.54, 1.807) is 24.3 Å². The summed E-state index contributed by atoms with van der Waals surface area (Å²) in [6, 6.07) is 11.4. The SMILES string of the molecule is C=CCN1C(=O)/C(=C/c2cc([N+](=O)[O-])ccc2OCc2ccc(Cl)cc2)SC1=S. The Bertz CT molecular complexity index is 1020. The van der Waals surface area contributed by atoms with Crippen LogP contribution in [0.4, 0.5) is 5.69 Å². The van der Waals surface area contributed by atoms with Crippen LogP contribution >= 0.6 is 35.6 Å². The van der Waals surface area contributed by atoms with Crippen molar-refractivity contribution in [2.75, 3.05) is 6.54 Å². The predicted molar refractivity (Wildman–Crippen MR) is 119 cm³/mol. The van der Waals surface area contributed by atoms with E-state index in [9.17, 15) is 14.9 Å². The molecule has 0 aliphatic carbocycles. The van der Waals surface area contributed by atoms with Crippen molar-refractivity contribution >= 4 is 57.6 Å². The van der Waals surface area contributed by atoms with Crippen LogP contribution in [0.3, 0.4) is 0 Å². The number of hydrogen-bond donors (Lipinski definition) is 0. The Morgan fingerprint density at radius 1 is 1.28 bits per heavy atom. The highest BCUT2D eigenvalue weighted by molar-refractivity contribution is 8.26. The van der Waals surface area contributed by atoms with Gasteiger partial charge < -0.3 is 4.74 Å². The highest BCUT2D eigenvalue weighted by atomic mass is 35.5. The molecule has 0 bridgehead atoms. The van der Waals surface area contributed by atoms with E-state index in [4.69, 9.17) is 28.6 Å². The van der Waals surface area contributed by atoms with Gasteiger partial charge in [-0.2, -0.15) is 0 Å². The largest absolute Gasteiger partial charge is 0.488 e. The number of hydrogen-bond acceptors (Lipinski definition) is 6. The number of nitro benzene ring substituents is 1. The van der Waals surface area contributed by atoms with Crippen molar-refractivity contribution in [1.29, 1.82) is 0 Å². The first-order valence-electron chi connectivity index (χ1n) is 8.41. The molecule has 0 N–H and O–H groups in total. The van der Waals surface area contributed by atoms with E-state index in [2.05, 4.69) is 6.58 Å². The average Bonchev–Trinajstić information content (AvgIpc) is 2.96. The van der Waals surface area contributed by atoms with E-state index < -0.39 is 4.92 Å². The zero-order chi connectivity index (χ0) is 21.0. The molecule has 1 saturated heterocycles. The van der Waals surface area contributed by atoms with Gasteiger partial charge in [0, 0.05) is 29.3 Å². The molecule has 9 heteroatoms. The van der Waals surface area contributed by atoms with Gasteiger partial charge >= 0.3 is 0 Å². The molecule has 1 aliphatic rings. The lowest BCUT2D eigenvalue weighted by Crippen LogP contribution is -2.27. The number of carbonyl (C=O) groups excluding carboxylic acids is 1. The molecule has 0 atom stereocenters. The summed E-state index contributed by atoms with van der Waals surface area (Å²) in [5.74, 6) is 0.148. The molecule has 0 spiro atoms. The molecule has 3 rings (SSSR count). The van der Waals surface area contributed by atoms with Gasteiger partial charge in [-0.3, -0.25) is 19.8 Å². The molecule has 1 amide bonds. The quantitative estimate of drug-likeness (QED) is 0.191. The van der Waals surface area contributed by atoms with Crippen LogP contribution < -0.4 is 4.74 Å². The number of benzene rings is 2. The number of ether oxygens (including phenoxy) is 1. The Morgan fingerprint density at radius 2 is 2.00 bits per heavy atom. The van der Waals surface area contributed by atoms with Crippen molar-refractivity contribution in [3.05, 3.63) is 86.3 Å². The van der Waals surface area contributed by atoms with E-state index in [0.717, 1.165) is 17.3 Å². The molecule has 1 fully saturated rings. The minimum atomic E-state index is -0.497. The molecular formula is C20H15ClN2O4S2. The lowest BCUT2D eigenvalue weighted by molar-refractivity contribution is -0.384. The van der Waals surface area contributed by atoms with Crippen molar-refractivity contribution in [3.8, 4) is 5.75 Å². The van der Waals surface area contributed by atoms with E-state index in [0.29, 0.717) is 32.1 Å². The number of carbonyl (C=O) groups is 1. The van der Waals surface area contributed by atoms with Crippen LogP contribution in [0.2, 0.25) is 5.02 Å². The maximum absolute atomic E-state index is 12.6. The fourth-order valence-corrected chi connectivity index (χ4v) is 3.96. The Balaban J connectivity index is 1.91. The maximum Gasteiger partial charge on any atom is 0.270 e. The fourth-order valence-electron chi connectivity index (χ4n) is 2.56. The number of thiocarbonyl (C=S) groups is 1. The van der Waals surface area contributed by atoms with Gasteiger partial charge in [0.05, 0.1) is 9.83 Å². The van der Waals surface area contributed by atoms with Crippen molar-refractivity contribution in [1.82, 2.24) is 4.90 Å². The molecule has 29 heavy (non-hydrogen) atoms. The standard InChI is InChI=1S/C20H15ClN2O4S2/c1-2-9-22-19(24)18(29-20(22)28)11-14-10-16(23(25)26)7-8-17(14)27-12-13-3-5-15(21)6-4-13/h2-8,10-11H,1,9,12H2/b18-11-. The zero-order valence-corrected chi connectivity index (χ0v) is 17.4. The van der Waals surface area contributed by atoms with Gasteiger partial charge in [-0.15, -0.1) is 6.58 Å². The third kappa shape index (κ3) is 5.03. The molecule has 2 aromatic rings. The van der Waals surface area contributed by atoms with Gasteiger partial charge in [-0.1, -0.05) is 53.8 Å². The summed E-state index contributed by atoms with van der Waals surface area (Å²) in [6.07, 6.45) is 3.15. The van der Waals surface area contributed by atoms with Gasteiger partial charge in [-0.25, -0.2) is 0 Å². The van der Waals surface area contributed by atoms with Crippen molar-refractivity contribution < 1.29 is 14.5 Å². The Morgan fingerprint density at radius 3 is 2.66 bits per heavy atom. The van der Waals surface area contributed by atoms with Crippen LogP contribution in [0, 0.1) is 10.1 Å². The minimum Gasteiger partial charge on any atom is -0.488 e. The van der Waals surface area contributed by atoms with Crippen LogP contribution in [0.5, 0.6) is 5.75 Å². The second-order valence-corrected chi connectivity index (χ2v) is 8.09. The van der Waals surface area contributed by atoms with Crippen molar-refractivity contribution in [2.45, 2.75) is 6.61 Å². The molecule has 148 valence electrons. The zero-order valence-electron chi connectivity index (χ0n) is 15.0. The number of rotatable bonds is 7. The monoisotopic (exact) mass is 446 g/mol. The molecule has 0 unspecified atom stereocenters. The third-order valence-corrected chi connectivity index (χ3v) is 5.61. The third-order valence-electron chi connectivity index (χ3n) is 3.98. The summed E-state index contributed by atoms with van der Waals surface area (Å²) < 4.78 is 6.26. The number of non-ortho nitro benzene ring substituents is 1. The van der Waals surface area contributed by atoms with E-state index >= 15 is 0 Å². The fraction of sp³-hybridized carbons (Fsp3) is 0.100. The van der Waals surface area contributed by atoms with E-state index in [-0.39, 0.29) is 18.2 Å². The normalized spacial score (nSPS) is 15.1. The smallest absolute Gasteiger partial charge is 0.270 e. The van der Waals surface area contributed by atoms with E-state index in [1.165, 1.54) is 23.1 Å². The Labute approximate surface area is 181 Å². The highest BCUT2D eigenvalue weighted by Gasteiger charge is 2.31. The summed E-state index contributed by atoms with van der Waals surface area (Å²) in [6.45, 7) is 4.17. The first-order valence-corrected chi connectivity index (χ1v) is 10.0. The lowest BCUT2D eigenvalue weighted by Gasteiger charge is -2.11. The van der Waals surface area contributed by atoms with Crippen molar-refractivity contribution in [2.24, 2.45) is 0 Å². The van der Waals surface area contributed by atoms with Gasteiger partial charge in [-0.05, 0) is 29.8 Å². The number of nitro groups is 1. The molecule has 0 saturated carbocycles. The second-order valence-electron chi connectivity index (χ2n) is 5.98. The Kier molecular flexibility index (Phi) is 6.68. The van der Waals surface area contributed by atoms with Crippen LogP contribution in [0.25, 0.3) is 6.08 Å². The molecule has 1 aliphatic heterocycles. The molecule has 1 heterocycles. The number of amides is 1. The summed E-state index contributed by atoms with van der Waals surface area (Å²) in [7, 11) is 0. The lowest BCUT2D eigenvalue weighted by atomic mass is 10.1. The maximum atomic E-state index is 12.6. The molecule has 0 radical (unpaired) electrons. The van der Waals surface area contributed by atoms with Gasteiger partial charge in [0.15, 0.2) is 0 Å². The average molecular weight is 447 g/mol. The summed E-state index contributed by atoms with van der Waals surface area (Å²) >= 11 is 12.3. The summed E-state index contributed by atoms with van der Waals surface area (Å²) in [4.78, 5) is 25.0. The number of thioether (sulfide) groups is 1. The molecule has 6 nitrogen and oxygen atoms in total. The van der Waals surface area contributed by atoms with Gasteiger partial charge in [0.25, 0.3) is 11.6 Å². The number of halogens is 1. The molecule has 0 aromatic heterocycles. The minimum absolute atomic E-state index is 0.100. The number of nitrogens with zero attached hydrogens (tertiary/aromatic N) is 2. The topological polar surface area (TPSA) is 72.7 Å². The van der Waals surface area contributed by atoms with Crippen molar-refractivity contribution in [3.63, 3.8) is 0 Å². The first-order chi connectivity index (χ1) is 13.9. The van der Waals surface area contributed by atoms with Crippen LogP contribution in [0.15, 0.2) is 60.0 Å². The predicted octanol–water partition coefficient (Wildman–Crippen LogP) is 5.21. The molecular weight excluding hydrogens is 432 g/mol. The van der Waals surface area contributed by atoms with Gasteiger partial charge in [0.1, 0.15) is 16.7 Å². The Hall–Kier alpha value is -2.68. The summed E-state index contributed by atoms with van der Waals surface area (Å²) in [5, 5.41) is 11.8. The van der Waals surface area contributed by atoms with Crippen LogP contribution in [-0.2, 0) is 11.4 Å². The van der Waals surface area contributed by atoms with Crippen LogP contribution in [-0.4, -0.2) is 26.6 Å². The first kappa shape index (κ1) is 21.0. The second kappa shape index (κ2) is 9.21.